The van der Waals surface area contributed by atoms with Crippen molar-refractivity contribution < 1.29 is 14.5 Å². The molecule has 0 spiro atoms. The highest BCUT2D eigenvalue weighted by molar-refractivity contribution is 9.10. The molecule has 27 heavy (non-hydrogen) atoms. The van der Waals surface area contributed by atoms with Crippen molar-refractivity contribution in [3.63, 3.8) is 0 Å². The minimum absolute atomic E-state index is 0.0859. The third-order valence-corrected chi connectivity index (χ3v) is 6.46. The quantitative estimate of drug-likeness (QED) is 0.371. The molecule has 1 aliphatic rings. The van der Waals surface area contributed by atoms with Crippen molar-refractivity contribution >= 4 is 55.7 Å². The maximum atomic E-state index is 13.2. The van der Waals surface area contributed by atoms with Crippen molar-refractivity contribution in [3.8, 4) is 5.75 Å². The lowest BCUT2D eigenvalue weighted by atomic mass is 9.95. The first-order chi connectivity index (χ1) is 12.8. The zero-order valence-corrected chi connectivity index (χ0v) is 17.6. The summed E-state index contributed by atoms with van der Waals surface area (Å²) in [4.78, 5) is 26.0. The number of carbonyl (C=O) groups is 1. The largest absolute Gasteiger partial charge is 0.483 e. The molecule has 0 saturated heterocycles. The molecule has 0 saturated carbocycles. The Morgan fingerprint density at radius 3 is 2.67 bits per heavy atom. The average molecular weight is 467 g/mol. The van der Waals surface area contributed by atoms with Gasteiger partial charge in [0.1, 0.15) is 21.4 Å². The van der Waals surface area contributed by atoms with E-state index in [9.17, 15) is 14.9 Å². The van der Waals surface area contributed by atoms with Gasteiger partial charge < -0.3 is 9.64 Å². The Morgan fingerprint density at radius 2 is 2.00 bits per heavy atom. The zero-order chi connectivity index (χ0) is 19.7. The number of Topliss-reactive ketones (excluding diaryl/α,β-unsaturated/α-hetero) is 1. The first-order valence-electron chi connectivity index (χ1n) is 7.91. The van der Waals surface area contributed by atoms with Crippen LogP contribution in [-0.4, -0.2) is 39.3 Å². The van der Waals surface area contributed by atoms with Crippen LogP contribution in [0.3, 0.4) is 0 Å². The number of carbonyl (C=O) groups excluding carboxylic acids is 1. The maximum Gasteiger partial charge on any atom is 0.276 e. The Morgan fingerprint density at radius 1 is 1.30 bits per heavy atom. The van der Waals surface area contributed by atoms with E-state index in [4.69, 9.17) is 17.0 Å². The zero-order valence-electron chi connectivity index (χ0n) is 14.4. The van der Waals surface area contributed by atoms with E-state index in [-0.39, 0.29) is 11.5 Å². The normalized spacial score (nSPS) is 18.4. The highest BCUT2D eigenvalue weighted by atomic mass is 79.9. The molecule has 2 unspecified atom stereocenters. The predicted octanol–water partition coefficient (Wildman–Crippen LogP) is 4.62. The summed E-state index contributed by atoms with van der Waals surface area (Å²) in [6.45, 7) is 0. The second-order valence-corrected chi connectivity index (χ2v) is 8.75. The molecular weight excluding hydrogens is 452 g/mol. The van der Waals surface area contributed by atoms with Gasteiger partial charge in [-0.15, -0.1) is 0 Å². The fourth-order valence-corrected chi connectivity index (χ4v) is 4.40. The van der Waals surface area contributed by atoms with Crippen molar-refractivity contribution in [2.24, 2.45) is 0 Å². The van der Waals surface area contributed by atoms with Crippen LogP contribution in [0.25, 0.3) is 0 Å². The summed E-state index contributed by atoms with van der Waals surface area (Å²) in [5, 5.41) is 10.8. The number of nitrogens with zero attached hydrogens (tertiary/aromatic N) is 2. The van der Waals surface area contributed by atoms with E-state index < -0.39 is 16.3 Å². The van der Waals surface area contributed by atoms with Gasteiger partial charge in [0, 0.05) is 24.6 Å². The smallest absolute Gasteiger partial charge is 0.276 e. The van der Waals surface area contributed by atoms with Crippen molar-refractivity contribution in [1.29, 1.82) is 0 Å². The highest BCUT2D eigenvalue weighted by Crippen LogP contribution is 2.44. The Kier molecular flexibility index (Phi) is 5.83. The lowest BCUT2D eigenvalue weighted by molar-refractivity contribution is -0.386. The maximum absolute atomic E-state index is 13.2. The van der Waals surface area contributed by atoms with E-state index in [1.165, 1.54) is 17.8 Å². The minimum Gasteiger partial charge on any atom is -0.483 e. The molecule has 0 bridgehead atoms. The topological polar surface area (TPSA) is 72.7 Å². The van der Waals surface area contributed by atoms with Gasteiger partial charge in [0.15, 0.2) is 5.78 Å². The number of para-hydroxylation sites is 1. The number of thiocarbonyl (C=S) groups is 1. The number of nitro groups is 1. The van der Waals surface area contributed by atoms with Crippen LogP contribution in [0.2, 0.25) is 0 Å². The third-order valence-electron chi connectivity index (χ3n) is 4.03. The van der Waals surface area contributed by atoms with E-state index in [0.717, 1.165) is 4.47 Å². The van der Waals surface area contributed by atoms with Crippen LogP contribution in [0.5, 0.6) is 5.75 Å². The van der Waals surface area contributed by atoms with Crippen LogP contribution >= 0.6 is 39.9 Å². The van der Waals surface area contributed by atoms with Gasteiger partial charge in [-0.25, -0.2) is 0 Å². The van der Waals surface area contributed by atoms with Gasteiger partial charge >= 0.3 is 0 Å². The second-order valence-electron chi connectivity index (χ2n) is 6.06. The number of thioether (sulfide) groups is 1. The molecule has 0 N–H and O–H groups in total. The van der Waals surface area contributed by atoms with Crippen LogP contribution in [0.4, 0.5) is 5.69 Å². The SMILES string of the molecule is CN(C)C(=S)SC1C(=O)c2cc(Br)ccc2OC1c1ccccc1[N+](=O)[O-]. The molecule has 1 heterocycles. The number of hydrogen-bond donors (Lipinski definition) is 0. The fourth-order valence-electron chi connectivity index (χ4n) is 2.74. The Hall–Kier alpha value is -1.97. The van der Waals surface area contributed by atoms with Crippen LogP contribution in [0.1, 0.15) is 22.0 Å². The van der Waals surface area contributed by atoms with Crippen molar-refractivity contribution in [2.45, 2.75) is 11.4 Å². The second kappa shape index (κ2) is 7.95. The van der Waals surface area contributed by atoms with Crippen molar-refractivity contribution in [3.05, 3.63) is 68.2 Å². The van der Waals surface area contributed by atoms with E-state index in [0.29, 0.717) is 21.2 Å². The first-order valence-corrected chi connectivity index (χ1v) is 9.99. The summed E-state index contributed by atoms with van der Waals surface area (Å²) in [5.41, 5.74) is 0.693. The van der Waals surface area contributed by atoms with Gasteiger partial charge in [0.2, 0.25) is 0 Å². The monoisotopic (exact) mass is 466 g/mol. The van der Waals surface area contributed by atoms with Gasteiger partial charge in [0.25, 0.3) is 5.69 Å². The van der Waals surface area contributed by atoms with E-state index in [2.05, 4.69) is 15.9 Å². The molecule has 2 aromatic rings. The van der Waals surface area contributed by atoms with E-state index in [1.54, 1.807) is 55.4 Å². The summed E-state index contributed by atoms with van der Waals surface area (Å²) in [5.74, 6) is 0.230. The molecule has 0 aliphatic carbocycles. The summed E-state index contributed by atoms with van der Waals surface area (Å²) < 4.78 is 7.33. The molecule has 0 fully saturated rings. The summed E-state index contributed by atoms with van der Waals surface area (Å²) >= 11 is 9.90. The highest BCUT2D eigenvalue weighted by Gasteiger charge is 2.42. The third kappa shape index (κ3) is 3.99. The van der Waals surface area contributed by atoms with Crippen LogP contribution in [0, 0.1) is 10.1 Å². The average Bonchev–Trinajstić information content (AvgIpc) is 2.64. The van der Waals surface area contributed by atoms with Crippen LogP contribution < -0.4 is 4.74 Å². The van der Waals surface area contributed by atoms with Crippen LogP contribution in [0.15, 0.2) is 46.9 Å². The fraction of sp³-hybridized carbons (Fsp3) is 0.222. The molecule has 0 amide bonds. The summed E-state index contributed by atoms with van der Waals surface area (Å²) in [6.07, 6.45) is -0.823. The van der Waals surface area contributed by atoms with Gasteiger partial charge in [0.05, 0.1) is 16.1 Å². The molecule has 0 aromatic heterocycles. The number of benzene rings is 2. The molecule has 0 radical (unpaired) electrons. The molecule has 2 atom stereocenters. The Bertz CT molecular complexity index is 935. The van der Waals surface area contributed by atoms with E-state index in [1.807, 2.05) is 0 Å². The molecule has 1 aliphatic heterocycles. The van der Waals surface area contributed by atoms with E-state index >= 15 is 0 Å². The Labute approximate surface area is 174 Å². The predicted molar refractivity (Wildman–Crippen MR) is 113 cm³/mol. The number of nitro benzene ring substituents is 1. The number of ketones is 1. The standard InChI is InChI=1S/C18H15BrN2O4S2/c1-20(2)18(26)27-17-15(22)12-9-10(19)7-8-14(12)25-16(17)11-5-3-4-6-13(11)21(23)24/h3-9,16-17H,1-2H3. The number of fused-ring (bicyclic) bond motifs is 1. The molecule has 6 nitrogen and oxygen atoms in total. The van der Waals surface area contributed by atoms with Gasteiger partial charge in [-0.2, -0.15) is 0 Å². The van der Waals surface area contributed by atoms with Gasteiger partial charge in [-0.1, -0.05) is 52.0 Å². The van der Waals surface area contributed by atoms with Crippen LogP contribution in [-0.2, 0) is 0 Å². The van der Waals surface area contributed by atoms with Gasteiger partial charge in [-0.3, -0.25) is 14.9 Å². The molecule has 2 aromatic carbocycles. The number of hydrogen-bond acceptors (Lipinski definition) is 6. The Balaban J connectivity index is 2.12. The lowest BCUT2D eigenvalue weighted by Gasteiger charge is -2.33. The van der Waals surface area contributed by atoms with Gasteiger partial charge in [-0.05, 0) is 24.3 Å². The summed E-state index contributed by atoms with van der Waals surface area (Å²) in [6, 6.07) is 11.5. The molecule has 9 heteroatoms. The first kappa shape index (κ1) is 19.8. The lowest BCUT2D eigenvalue weighted by Crippen LogP contribution is -2.36. The van der Waals surface area contributed by atoms with Crippen molar-refractivity contribution in [2.75, 3.05) is 14.1 Å². The molecule has 140 valence electrons. The minimum atomic E-state index is -0.823. The molecular formula is C18H15BrN2O4S2. The number of halogens is 1. The van der Waals surface area contributed by atoms with Crippen molar-refractivity contribution in [1.82, 2.24) is 4.90 Å². The number of rotatable bonds is 3. The number of ether oxygens (including phenoxy) is 1. The summed E-state index contributed by atoms with van der Waals surface area (Å²) in [7, 11) is 3.57. The molecule has 3 rings (SSSR count).